The van der Waals surface area contributed by atoms with Crippen molar-refractivity contribution < 1.29 is 0 Å². The van der Waals surface area contributed by atoms with Gasteiger partial charge >= 0.3 is 0 Å². The van der Waals surface area contributed by atoms with Crippen LogP contribution >= 0.6 is 11.3 Å². The summed E-state index contributed by atoms with van der Waals surface area (Å²) in [7, 11) is 2.24. The maximum absolute atomic E-state index is 3.78. The second kappa shape index (κ2) is 7.41. The largest absolute Gasteiger partial charge is 0.309 e. The Morgan fingerprint density at radius 2 is 2.11 bits per heavy atom. The Bertz CT molecular complexity index is 340. The van der Waals surface area contributed by atoms with Crippen LogP contribution in [0.5, 0.6) is 0 Å². The van der Waals surface area contributed by atoms with Crippen LogP contribution in [0.15, 0.2) is 17.5 Å². The van der Waals surface area contributed by atoms with Crippen molar-refractivity contribution in [2.45, 2.75) is 39.2 Å². The molecule has 2 rings (SSSR count). The van der Waals surface area contributed by atoms with Crippen LogP contribution in [0.4, 0.5) is 0 Å². The molecule has 0 amide bonds. The number of nitrogens with one attached hydrogen (secondary N) is 1. The van der Waals surface area contributed by atoms with Crippen LogP contribution in [0.25, 0.3) is 0 Å². The lowest BCUT2D eigenvalue weighted by atomic mass is 9.93. The number of likely N-dealkylation sites (tertiary alicyclic amines) is 1. The topological polar surface area (TPSA) is 15.3 Å². The van der Waals surface area contributed by atoms with Gasteiger partial charge in [0.1, 0.15) is 0 Å². The highest BCUT2D eigenvalue weighted by molar-refractivity contribution is 7.10. The molecule has 0 saturated carbocycles. The van der Waals surface area contributed by atoms with Crippen molar-refractivity contribution in [3.05, 3.63) is 22.4 Å². The molecule has 2 nitrogen and oxygen atoms in total. The minimum absolute atomic E-state index is 0.534. The molecule has 1 saturated heterocycles. The van der Waals surface area contributed by atoms with Gasteiger partial charge in [0.25, 0.3) is 0 Å². The van der Waals surface area contributed by atoms with E-state index in [1.54, 1.807) is 0 Å². The number of hydrogen-bond donors (Lipinski definition) is 1. The Kier molecular flexibility index (Phi) is 5.86. The van der Waals surface area contributed by atoms with E-state index < -0.39 is 0 Å². The van der Waals surface area contributed by atoms with Gasteiger partial charge in [0, 0.05) is 10.9 Å². The quantitative estimate of drug-likeness (QED) is 0.853. The smallest absolute Gasteiger partial charge is 0.0438 e. The average molecular weight is 280 g/mol. The lowest BCUT2D eigenvalue weighted by molar-refractivity contribution is 0.209. The predicted molar refractivity (Wildman–Crippen MR) is 84.7 cm³/mol. The highest BCUT2D eigenvalue weighted by Crippen LogP contribution is 2.26. The third-order valence-corrected chi connectivity index (χ3v) is 5.23. The lowest BCUT2D eigenvalue weighted by Crippen LogP contribution is -2.32. The van der Waals surface area contributed by atoms with Crippen LogP contribution in [0.3, 0.4) is 0 Å². The normalized spacial score (nSPS) is 20.0. The molecule has 0 spiro atoms. The fourth-order valence-electron chi connectivity index (χ4n) is 2.93. The standard InChI is InChI=1S/C16H28N2S/c1-13(2)16(15-5-4-12-19-15)17-9-6-14-7-10-18(3)11-8-14/h4-5,12-14,16-17H,6-11H2,1-3H3. The first kappa shape index (κ1) is 15.0. The Hall–Kier alpha value is -0.380. The van der Waals surface area contributed by atoms with E-state index in [4.69, 9.17) is 0 Å². The molecule has 1 aliphatic heterocycles. The second-order valence-corrected chi connectivity index (χ2v) is 7.21. The van der Waals surface area contributed by atoms with Crippen molar-refractivity contribution in [3.8, 4) is 0 Å². The van der Waals surface area contributed by atoms with Crippen LogP contribution in [-0.4, -0.2) is 31.6 Å². The molecule has 1 atom stereocenters. The molecule has 1 aromatic heterocycles. The summed E-state index contributed by atoms with van der Waals surface area (Å²) in [5.74, 6) is 1.59. The molecule has 1 fully saturated rings. The molecule has 0 radical (unpaired) electrons. The SMILES string of the molecule is CC(C)C(NCCC1CCN(C)CC1)c1cccs1. The summed E-state index contributed by atoms with van der Waals surface area (Å²) in [4.78, 5) is 3.94. The third kappa shape index (κ3) is 4.59. The highest BCUT2D eigenvalue weighted by Gasteiger charge is 2.19. The van der Waals surface area contributed by atoms with Crippen LogP contribution < -0.4 is 5.32 Å². The summed E-state index contributed by atoms with van der Waals surface area (Å²) in [5.41, 5.74) is 0. The van der Waals surface area contributed by atoms with Gasteiger partial charge in [0.15, 0.2) is 0 Å². The molecule has 1 aliphatic rings. The zero-order chi connectivity index (χ0) is 13.7. The molecule has 19 heavy (non-hydrogen) atoms. The second-order valence-electron chi connectivity index (χ2n) is 6.23. The number of nitrogens with zero attached hydrogens (tertiary/aromatic N) is 1. The van der Waals surface area contributed by atoms with E-state index in [1.165, 1.54) is 37.2 Å². The molecule has 0 aromatic carbocycles. The summed E-state index contributed by atoms with van der Waals surface area (Å²) in [6.45, 7) is 8.35. The van der Waals surface area contributed by atoms with Crippen LogP contribution in [0.1, 0.15) is 44.0 Å². The first-order chi connectivity index (χ1) is 9.16. The molecule has 2 heterocycles. The fourth-order valence-corrected chi connectivity index (χ4v) is 3.90. The predicted octanol–water partition coefficient (Wildman–Crippen LogP) is 3.77. The van der Waals surface area contributed by atoms with Gasteiger partial charge in [0.2, 0.25) is 0 Å². The Morgan fingerprint density at radius 3 is 2.68 bits per heavy atom. The van der Waals surface area contributed by atoms with Crippen molar-refractivity contribution in [1.29, 1.82) is 0 Å². The van der Waals surface area contributed by atoms with Crippen molar-refractivity contribution in [2.75, 3.05) is 26.7 Å². The Labute approximate surface area is 122 Å². The van der Waals surface area contributed by atoms with Gasteiger partial charge in [-0.05, 0) is 69.2 Å². The van der Waals surface area contributed by atoms with Crippen molar-refractivity contribution in [1.82, 2.24) is 10.2 Å². The van der Waals surface area contributed by atoms with Gasteiger partial charge in [-0.15, -0.1) is 11.3 Å². The third-order valence-electron chi connectivity index (χ3n) is 4.27. The van der Waals surface area contributed by atoms with E-state index >= 15 is 0 Å². The molecular weight excluding hydrogens is 252 g/mol. The van der Waals surface area contributed by atoms with E-state index in [0.29, 0.717) is 12.0 Å². The Morgan fingerprint density at radius 1 is 1.37 bits per heavy atom. The maximum atomic E-state index is 3.78. The van der Waals surface area contributed by atoms with Gasteiger partial charge in [0.05, 0.1) is 0 Å². The monoisotopic (exact) mass is 280 g/mol. The van der Waals surface area contributed by atoms with E-state index in [9.17, 15) is 0 Å². The highest BCUT2D eigenvalue weighted by atomic mass is 32.1. The molecule has 0 aliphatic carbocycles. The van der Waals surface area contributed by atoms with Crippen molar-refractivity contribution >= 4 is 11.3 Å². The molecule has 1 aromatic rings. The maximum Gasteiger partial charge on any atom is 0.0438 e. The van der Waals surface area contributed by atoms with Crippen LogP contribution in [-0.2, 0) is 0 Å². The van der Waals surface area contributed by atoms with E-state index in [1.807, 2.05) is 11.3 Å². The first-order valence-corrected chi connectivity index (χ1v) is 8.50. The van der Waals surface area contributed by atoms with Gasteiger partial charge in [-0.1, -0.05) is 19.9 Å². The lowest BCUT2D eigenvalue weighted by Gasteiger charge is -2.29. The number of piperidine rings is 1. The molecule has 108 valence electrons. The number of hydrogen-bond acceptors (Lipinski definition) is 3. The molecule has 1 N–H and O–H groups in total. The summed E-state index contributed by atoms with van der Waals surface area (Å²) in [6.07, 6.45) is 4.09. The summed E-state index contributed by atoms with van der Waals surface area (Å²) in [6, 6.07) is 4.96. The molecular formula is C16H28N2S. The molecule has 1 unspecified atom stereocenters. The van der Waals surface area contributed by atoms with Gasteiger partial charge in [-0.3, -0.25) is 0 Å². The van der Waals surface area contributed by atoms with E-state index in [2.05, 4.69) is 48.6 Å². The van der Waals surface area contributed by atoms with Crippen molar-refractivity contribution in [2.24, 2.45) is 11.8 Å². The zero-order valence-corrected chi connectivity index (χ0v) is 13.4. The number of rotatable bonds is 6. The molecule has 3 heteroatoms. The fraction of sp³-hybridized carbons (Fsp3) is 0.750. The van der Waals surface area contributed by atoms with Crippen LogP contribution in [0, 0.1) is 11.8 Å². The Balaban J connectivity index is 1.74. The van der Waals surface area contributed by atoms with E-state index in [0.717, 1.165) is 12.5 Å². The van der Waals surface area contributed by atoms with Crippen molar-refractivity contribution in [3.63, 3.8) is 0 Å². The number of thiophene rings is 1. The first-order valence-electron chi connectivity index (χ1n) is 7.62. The summed E-state index contributed by atoms with van der Waals surface area (Å²) in [5, 5.41) is 5.96. The summed E-state index contributed by atoms with van der Waals surface area (Å²) >= 11 is 1.88. The summed E-state index contributed by atoms with van der Waals surface area (Å²) < 4.78 is 0. The molecule has 0 bridgehead atoms. The van der Waals surface area contributed by atoms with E-state index in [-0.39, 0.29) is 0 Å². The van der Waals surface area contributed by atoms with Gasteiger partial charge < -0.3 is 10.2 Å². The minimum atomic E-state index is 0.534. The van der Waals surface area contributed by atoms with Gasteiger partial charge in [-0.25, -0.2) is 0 Å². The average Bonchev–Trinajstić information content (AvgIpc) is 2.90. The minimum Gasteiger partial charge on any atom is -0.309 e. The van der Waals surface area contributed by atoms with Crippen LogP contribution in [0.2, 0.25) is 0 Å². The van der Waals surface area contributed by atoms with Gasteiger partial charge in [-0.2, -0.15) is 0 Å². The zero-order valence-electron chi connectivity index (χ0n) is 12.6.